The third-order valence-electron chi connectivity index (χ3n) is 3.10. The molecule has 0 spiro atoms. The summed E-state index contributed by atoms with van der Waals surface area (Å²) in [7, 11) is 1.61. The lowest BCUT2D eigenvalue weighted by Gasteiger charge is -2.14. The molecule has 4 heteroatoms. The van der Waals surface area contributed by atoms with Crippen molar-refractivity contribution in [2.45, 2.75) is 12.3 Å². The molecule has 0 N–H and O–H groups in total. The quantitative estimate of drug-likeness (QED) is 0.763. The monoisotopic (exact) mass is 308 g/mol. The average Bonchev–Trinajstić information content (AvgIpc) is 2.44. The summed E-state index contributed by atoms with van der Waals surface area (Å²) < 4.78 is 5.18. The lowest BCUT2D eigenvalue weighted by Crippen LogP contribution is -2.10. The highest BCUT2D eigenvalue weighted by atomic mass is 35.5. The van der Waals surface area contributed by atoms with Gasteiger partial charge in [-0.3, -0.25) is 4.79 Å². The standard InChI is InChI=1S/C16H14Cl2O2/c1-20-14-7-2-4-11(8-14)9-15(16(18)19)12-5-3-6-13(17)10-12/h2-8,10,15H,9H2,1H3. The van der Waals surface area contributed by atoms with E-state index in [9.17, 15) is 4.79 Å². The molecule has 0 amide bonds. The SMILES string of the molecule is COc1cccc(CC(C(=O)Cl)c2cccc(Cl)c2)c1. The van der Waals surface area contributed by atoms with Crippen molar-refractivity contribution >= 4 is 28.4 Å². The van der Waals surface area contributed by atoms with E-state index in [0.717, 1.165) is 16.9 Å². The molecule has 0 radical (unpaired) electrons. The first-order valence-corrected chi connectivity index (χ1v) is 6.93. The smallest absolute Gasteiger partial charge is 0.229 e. The van der Waals surface area contributed by atoms with Crippen LogP contribution in [0.25, 0.3) is 0 Å². The van der Waals surface area contributed by atoms with Crippen LogP contribution in [0.3, 0.4) is 0 Å². The Hall–Kier alpha value is -1.51. The number of carbonyl (C=O) groups is 1. The number of benzene rings is 2. The molecule has 1 atom stereocenters. The Balaban J connectivity index is 2.28. The molecule has 0 aliphatic rings. The Morgan fingerprint density at radius 2 is 1.95 bits per heavy atom. The average molecular weight is 309 g/mol. The van der Waals surface area contributed by atoms with Gasteiger partial charge in [-0.2, -0.15) is 0 Å². The van der Waals surface area contributed by atoms with Crippen LogP contribution in [0, 0.1) is 0 Å². The van der Waals surface area contributed by atoms with E-state index in [1.165, 1.54) is 0 Å². The van der Waals surface area contributed by atoms with E-state index >= 15 is 0 Å². The molecule has 0 fully saturated rings. The minimum absolute atomic E-state index is 0.393. The summed E-state index contributed by atoms with van der Waals surface area (Å²) in [6, 6.07) is 14.8. The van der Waals surface area contributed by atoms with E-state index in [1.54, 1.807) is 19.2 Å². The Kier molecular flexibility index (Phi) is 5.05. The molecule has 20 heavy (non-hydrogen) atoms. The third kappa shape index (κ3) is 3.75. The van der Waals surface area contributed by atoms with Crippen LogP contribution in [-0.4, -0.2) is 12.4 Å². The zero-order valence-corrected chi connectivity index (χ0v) is 12.5. The first kappa shape index (κ1) is 14.9. The van der Waals surface area contributed by atoms with Crippen molar-refractivity contribution in [2.75, 3.05) is 7.11 Å². The second-order valence-corrected chi connectivity index (χ2v) is 5.28. The van der Waals surface area contributed by atoms with Gasteiger partial charge in [0.2, 0.25) is 5.24 Å². The molecule has 0 saturated carbocycles. The van der Waals surface area contributed by atoms with Gasteiger partial charge in [0.15, 0.2) is 0 Å². The third-order valence-corrected chi connectivity index (χ3v) is 3.60. The fourth-order valence-electron chi connectivity index (χ4n) is 2.09. The second kappa shape index (κ2) is 6.78. The van der Waals surface area contributed by atoms with Gasteiger partial charge < -0.3 is 4.74 Å². The summed E-state index contributed by atoms with van der Waals surface area (Å²) in [5, 5.41) is 0.200. The molecule has 2 rings (SSSR count). The van der Waals surface area contributed by atoms with Crippen molar-refractivity contribution < 1.29 is 9.53 Å². The van der Waals surface area contributed by atoms with Crippen molar-refractivity contribution in [3.05, 3.63) is 64.7 Å². The van der Waals surface area contributed by atoms with Crippen LogP contribution in [0.4, 0.5) is 0 Å². The molecule has 0 bridgehead atoms. The van der Waals surface area contributed by atoms with Crippen LogP contribution in [0.1, 0.15) is 17.0 Å². The van der Waals surface area contributed by atoms with E-state index < -0.39 is 11.2 Å². The lowest BCUT2D eigenvalue weighted by molar-refractivity contribution is -0.113. The van der Waals surface area contributed by atoms with Gasteiger partial charge in [-0.25, -0.2) is 0 Å². The number of hydrogen-bond donors (Lipinski definition) is 0. The van der Waals surface area contributed by atoms with E-state index in [1.807, 2.05) is 36.4 Å². The highest BCUT2D eigenvalue weighted by molar-refractivity contribution is 6.64. The number of carbonyl (C=O) groups excluding carboxylic acids is 1. The first-order valence-electron chi connectivity index (χ1n) is 6.18. The predicted molar refractivity (Wildman–Crippen MR) is 81.8 cm³/mol. The summed E-state index contributed by atoms with van der Waals surface area (Å²) in [6.07, 6.45) is 0.514. The van der Waals surface area contributed by atoms with Crippen LogP contribution >= 0.6 is 23.2 Å². The van der Waals surface area contributed by atoms with Gasteiger partial charge in [0, 0.05) is 5.02 Å². The van der Waals surface area contributed by atoms with Crippen molar-refractivity contribution in [2.24, 2.45) is 0 Å². The summed E-state index contributed by atoms with van der Waals surface area (Å²) in [6.45, 7) is 0. The van der Waals surface area contributed by atoms with Crippen molar-refractivity contribution in [1.82, 2.24) is 0 Å². The molecular weight excluding hydrogens is 295 g/mol. The Morgan fingerprint density at radius 3 is 2.60 bits per heavy atom. The van der Waals surface area contributed by atoms with Gasteiger partial charge in [-0.05, 0) is 53.4 Å². The topological polar surface area (TPSA) is 26.3 Å². The number of hydrogen-bond acceptors (Lipinski definition) is 2. The van der Waals surface area contributed by atoms with Crippen LogP contribution < -0.4 is 4.74 Å². The highest BCUT2D eigenvalue weighted by Crippen LogP contribution is 2.27. The van der Waals surface area contributed by atoms with Gasteiger partial charge in [-0.15, -0.1) is 0 Å². The summed E-state index contributed by atoms with van der Waals surface area (Å²) in [5.74, 6) is 0.344. The van der Waals surface area contributed by atoms with E-state index in [4.69, 9.17) is 27.9 Å². The molecule has 0 aromatic heterocycles. The zero-order valence-electron chi connectivity index (χ0n) is 11.0. The normalized spacial score (nSPS) is 11.9. The van der Waals surface area contributed by atoms with Crippen LogP contribution in [0.2, 0.25) is 5.02 Å². The molecule has 0 heterocycles. The van der Waals surface area contributed by atoms with Crippen molar-refractivity contribution in [3.8, 4) is 5.75 Å². The molecule has 1 unspecified atom stereocenters. The molecular formula is C16H14Cl2O2. The Bertz CT molecular complexity index is 611. The maximum atomic E-state index is 11.7. The molecule has 0 aliphatic heterocycles. The molecule has 2 aromatic rings. The number of methoxy groups -OCH3 is 1. The van der Waals surface area contributed by atoms with E-state index in [2.05, 4.69) is 0 Å². The molecule has 104 valence electrons. The number of rotatable bonds is 5. The van der Waals surface area contributed by atoms with Gasteiger partial charge in [0.05, 0.1) is 13.0 Å². The highest BCUT2D eigenvalue weighted by Gasteiger charge is 2.19. The van der Waals surface area contributed by atoms with E-state index in [0.29, 0.717) is 11.4 Å². The Morgan fingerprint density at radius 1 is 1.20 bits per heavy atom. The maximum Gasteiger partial charge on any atom is 0.229 e. The molecule has 0 aliphatic carbocycles. The molecule has 0 saturated heterocycles. The molecule has 2 aromatic carbocycles. The number of halogens is 2. The Labute approximate surface area is 128 Å². The number of ether oxygens (including phenoxy) is 1. The maximum absolute atomic E-state index is 11.7. The lowest BCUT2D eigenvalue weighted by atomic mass is 9.93. The second-order valence-electron chi connectivity index (χ2n) is 4.47. The predicted octanol–water partition coefficient (Wildman–Crippen LogP) is 4.44. The summed E-state index contributed by atoms with van der Waals surface area (Å²) in [4.78, 5) is 11.7. The van der Waals surface area contributed by atoms with Crippen molar-refractivity contribution in [1.29, 1.82) is 0 Å². The minimum atomic E-state index is -0.414. The first-order chi connectivity index (χ1) is 9.60. The fraction of sp³-hybridized carbons (Fsp3) is 0.188. The van der Waals surface area contributed by atoms with Gasteiger partial charge in [0.1, 0.15) is 5.75 Å². The van der Waals surface area contributed by atoms with Gasteiger partial charge in [0.25, 0.3) is 0 Å². The van der Waals surface area contributed by atoms with Crippen LogP contribution in [0.15, 0.2) is 48.5 Å². The zero-order chi connectivity index (χ0) is 14.5. The van der Waals surface area contributed by atoms with Crippen LogP contribution in [-0.2, 0) is 11.2 Å². The largest absolute Gasteiger partial charge is 0.497 e. The van der Waals surface area contributed by atoms with Crippen molar-refractivity contribution in [3.63, 3.8) is 0 Å². The summed E-state index contributed by atoms with van der Waals surface area (Å²) in [5.41, 5.74) is 1.81. The van der Waals surface area contributed by atoms with Gasteiger partial charge >= 0.3 is 0 Å². The van der Waals surface area contributed by atoms with E-state index in [-0.39, 0.29) is 0 Å². The minimum Gasteiger partial charge on any atom is -0.497 e. The molecule has 2 nitrogen and oxygen atoms in total. The van der Waals surface area contributed by atoms with Crippen LogP contribution in [0.5, 0.6) is 5.75 Å². The fourth-order valence-corrected chi connectivity index (χ4v) is 2.49. The summed E-state index contributed by atoms with van der Waals surface area (Å²) >= 11 is 11.7. The van der Waals surface area contributed by atoms with Gasteiger partial charge in [-0.1, -0.05) is 35.9 Å².